The fraction of sp³-hybridized carbons (Fsp3) is 0.727. The molecule has 7 heteroatoms. The van der Waals surface area contributed by atoms with Crippen LogP contribution in [0.5, 0.6) is 0 Å². The van der Waals surface area contributed by atoms with E-state index < -0.39 is 12.1 Å². The van der Waals surface area contributed by atoms with Gasteiger partial charge in [0.2, 0.25) is 0 Å². The molecule has 0 amide bonds. The fourth-order valence-corrected chi connectivity index (χ4v) is 3.13. The Morgan fingerprint density at radius 3 is 2.78 bits per heavy atom. The van der Waals surface area contributed by atoms with Gasteiger partial charge in [-0.3, -0.25) is 0 Å². The standard InChI is InChI=1S/C11H16F3N3S/c1-7-9(5-15)18-10(16-7)17-4-2-3-8(6-17)11(12,13)14/h8H,2-6,15H2,1H3. The lowest BCUT2D eigenvalue weighted by Crippen LogP contribution is -2.41. The zero-order valence-electron chi connectivity index (χ0n) is 10.1. The van der Waals surface area contributed by atoms with Crippen molar-refractivity contribution in [1.29, 1.82) is 0 Å². The monoisotopic (exact) mass is 279 g/mol. The van der Waals surface area contributed by atoms with Crippen LogP contribution in [0.2, 0.25) is 0 Å². The van der Waals surface area contributed by atoms with E-state index in [1.165, 1.54) is 11.3 Å². The van der Waals surface area contributed by atoms with E-state index in [0.29, 0.717) is 24.6 Å². The number of thiazole rings is 1. The largest absolute Gasteiger partial charge is 0.393 e. The average molecular weight is 279 g/mol. The van der Waals surface area contributed by atoms with Gasteiger partial charge in [-0.15, -0.1) is 11.3 Å². The molecule has 0 aromatic carbocycles. The van der Waals surface area contributed by atoms with Gasteiger partial charge >= 0.3 is 6.18 Å². The maximum atomic E-state index is 12.7. The van der Waals surface area contributed by atoms with Gasteiger partial charge < -0.3 is 10.6 Å². The first-order valence-electron chi connectivity index (χ1n) is 5.90. The predicted octanol–water partition coefficient (Wildman–Crippen LogP) is 2.69. The second kappa shape index (κ2) is 5.05. The van der Waals surface area contributed by atoms with Gasteiger partial charge in [0.05, 0.1) is 11.6 Å². The van der Waals surface area contributed by atoms with Crippen molar-refractivity contribution in [1.82, 2.24) is 4.98 Å². The highest BCUT2D eigenvalue weighted by atomic mass is 32.1. The topological polar surface area (TPSA) is 42.2 Å². The van der Waals surface area contributed by atoms with Crippen molar-refractivity contribution in [2.45, 2.75) is 32.5 Å². The molecule has 3 nitrogen and oxygen atoms in total. The van der Waals surface area contributed by atoms with Crippen molar-refractivity contribution >= 4 is 16.5 Å². The number of nitrogens with two attached hydrogens (primary N) is 1. The third-order valence-electron chi connectivity index (χ3n) is 3.22. The summed E-state index contributed by atoms with van der Waals surface area (Å²) in [6.07, 6.45) is -3.34. The normalized spacial score (nSPS) is 21.4. The van der Waals surface area contributed by atoms with Crippen LogP contribution in [0.25, 0.3) is 0 Å². The van der Waals surface area contributed by atoms with Crippen LogP contribution in [-0.4, -0.2) is 24.2 Å². The summed E-state index contributed by atoms with van der Waals surface area (Å²) >= 11 is 1.40. The molecule has 2 rings (SSSR count). The van der Waals surface area contributed by atoms with Crippen LogP contribution in [0, 0.1) is 12.8 Å². The fourth-order valence-electron chi connectivity index (χ4n) is 2.16. The lowest BCUT2D eigenvalue weighted by Gasteiger charge is -2.33. The van der Waals surface area contributed by atoms with Gasteiger partial charge in [-0.2, -0.15) is 13.2 Å². The Bertz CT molecular complexity index is 416. The molecule has 0 saturated carbocycles. The summed E-state index contributed by atoms with van der Waals surface area (Å²) in [6, 6.07) is 0. The van der Waals surface area contributed by atoms with Crippen molar-refractivity contribution in [3.8, 4) is 0 Å². The van der Waals surface area contributed by atoms with Crippen molar-refractivity contribution in [2.75, 3.05) is 18.0 Å². The lowest BCUT2D eigenvalue weighted by molar-refractivity contribution is -0.175. The third-order valence-corrected chi connectivity index (χ3v) is 4.46. The second-order valence-electron chi connectivity index (χ2n) is 4.54. The van der Waals surface area contributed by atoms with Crippen LogP contribution in [0.15, 0.2) is 0 Å². The van der Waals surface area contributed by atoms with E-state index in [9.17, 15) is 13.2 Å². The van der Waals surface area contributed by atoms with Gasteiger partial charge in [-0.1, -0.05) is 0 Å². The highest BCUT2D eigenvalue weighted by molar-refractivity contribution is 7.15. The number of piperidine rings is 1. The number of alkyl halides is 3. The lowest BCUT2D eigenvalue weighted by atomic mass is 9.98. The van der Waals surface area contributed by atoms with E-state index in [1.807, 2.05) is 6.92 Å². The number of halogens is 3. The molecule has 0 aliphatic carbocycles. The number of rotatable bonds is 2. The van der Waals surface area contributed by atoms with Gasteiger partial charge in [0.25, 0.3) is 0 Å². The van der Waals surface area contributed by atoms with Crippen LogP contribution in [0.1, 0.15) is 23.4 Å². The summed E-state index contributed by atoms with van der Waals surface area (Å²) in [4.78, 5) is 7.00. The second-order valence-corrected chi connectivity index (χ2v) is 5.60. The van der Waals surface area contributed by atoms with Gasteiger partial charge in [-0.25, -0.2) is 4.98 Å². The summed E-state index contributed by atoms with van der Waals surface area (Å²) in [5.41, 5.74) is 6.39. The Kier molecular flexibility index (Phi) is 3.82. The Morgan fingerprint density at radius 1 is 1.50 bits per heavy atom. The molecule has 1 unspecified atom stereocenters. The molecule has 1 atom stereocenters. The first-order valence-corrected chi connectivity index (χ1v) is 6.71. The molecule has 1 aliphatic rings. The number of nitrogens with zero attached hydrogens (tertiary/aromatic N) is 2. The van der Waals surface area contributed by atoms with Crippen molar-refractivity contribution in [3.63, 3.8) is 0 Å². The molecule has 102 valence electrons. The highest BCUT2D eigenvalue weighted by Crippen LogP contribution is 2.36. The zero-order chi connectivity index (χ0) is 13.3. The summed E-state index contributed by atoms with van der Waals surface area (Å²) in [7, 11) is 0. The van der Waals surface area contributed by atoms with Crippen molar-refractivity contribution < 1.29 is 13.2 Å². The summed E-state index contributed by atoms with van der Waals surface area (Å²) in [5.74, 6) is -1.24. The molecule has 0 bridgehead atoms. The summed E-state index contributed by atoms with van der Waals surface area (Å²) in [5, 5.41) is 0.668. The molecule has 1 saturated heterocycles. The molecule has 1 aromatic heterocycles. The quantitative estimate of drug-likeness (QED) is 0.905. The minimum Gasteiger partial charge on any atom is -0.347 e. The summed E-state index contributed by atoms with van der Waals surface area (Å²) < 4.78 is 38.2. The van der Waals surface area contributed by atoms with Gasteiger partial charge in [0, 0.05) is 24.5 Å². The zero-order valence-corrected chi connectivity index (χ0v) is 10.9. The molecule has 2 heterocycles. The van der Waals surface area contributed by atoms with E-state index in [0.717, 1.165) is 10.6 Å². The van der Waals surface area contributed by atoms with E-state index in [2.05, 4.69) is 4.98 Å². The number of aryl methyl sites for hydroxylation is 1. The smallest absolute Gasteiger partial charge is 0.347 e. The van der Waals surface area contributed by atoms with Crippen LogP contribution in [0.4, 0.5) is 18.3 Å². The maximum Gasteiger partial charge on any atom is 0.393 e. The maximum absolute atomic E-state index is 12.7. The molecule has 18 heavy (non-hydrogen) atoms. The summed E-state index contributed by atoms with van der Waals surface area (Å²) in [6.45, 7) is 2.89. The van der Waals surface area contributed by atoms with E-state index >= 15 is 0 Å². The van der Waals surface area contributed by atoms with Crippen molar-refractivity contribution in [3.05, 3.63) is 10.6 Å². The Labute approximate surface area is 108 Å². The highest BCUT2D eigenvalue weighted by Gasteiger charge is 2.42. The van der Waals surface area contributed by atoms with E-state index in [4.69, 9.17) is 5.73 Å². The molecule has 1 aromatic rings. The number of aromatic nitrogens is 1. The molecule has 0 radical (unpaired) electrons. The van der Waals surface area contributed by atoms with Crippen molar-refractivity contribution in [2.24, 2.45) is 11.7 Å². The minimum absolute atomic E-state index is 0.0143. The minimum atomic E-state index is -4.11. The molecule has 2 N–H and O–H groups in total. The van der Waals surface area contributed by atoms with E-state index in [-0.39, 0.29) is 13.0 Å². The Morgan fingerprint density at radius 2 is 2.22 bits per heavy atom. The van der Waals surface area contributed by atoms with Crippen LogP contribution >= 0.6 is 11.3 Å². The Hall–Kier alpha value is -0.820. The first-order chi connectivity index (χ1) is 8.41. The van der Waals surface area contributed by atoms with Gasteiger partial charge in [0.15, 0.2) is 5.13 Å². The van der Waals surface area contributed by atoms with Gasteiger partial charge in [-0.05, 0) is 19.8 Å². The molecule has 1 aliphatic heterocycles. The number of hydrogen-bond donors (Lipinski definition) is 1. The Balaban J connectivity index is 2.13. The predicted molar refractivity (Wildman–Crippen MR) is 65.7 cm³/mol. The average Bonchev–Trinajstić information content (AvgIpc) is 2.70. The van der Waals surface area contributed by atoms with Crippen LogP contribution in [0.3, 0.4) is 0 Å². The number of anilines is 1. The third kappa shape index (κ3) is 2.77. The van der Waals surface area contributed by atoms with E-state index in [1.54, 1.807) is 4.90 Å². The molecule has 1 fully saturated rings. The van der Waals surface area contributed by atoms with Crippen LogP contribution < -0.4 is 10.6 Å². The molecule has 0 spiro atoms. The van der Waals surface area contributed by atoms with Crippen LogP contribution in [-0.2, 0) is 6.54 Å². The first kappa shape index (κ1) is 13.6. The number of hydrogen-bond acceptors (Lipinski definition) is 4. The SMILES string of the molecule is Cc1nc(N2CCCC(C(F)(F)F)C2)sc1CN. The molecular formula is C11H16F3N3S. The van der Waals surface area contributed by atoms with Gasteiger partial charge in [0.1, 0.15) is 0 Å². The molecular weight excluding hydrogens is 263 g/mol.